The van der Waals surface area contributed by atoms with Crippen LogP contribution in [0.4, 0.5) is 0 Å². The molecule has 2 aromatic carbocycles. The van der Waals surface area contributed by atoms with Gasteiger partial charge in [-0.25, -0.2) is 5.43 Å². The number of amides is 1. The second-order valence-electron chi connectivity index (χ2n) is 4.86. The largest absolute Gasteiger partial charge is 0.496 e. The van der Waals surface area contributed by atoms with Crippen LogP contribution in [0.2, 0.25) is 0 Å². The second kappa shape index (κ2) is 9.68. The van der Waals surface area contributed by atoms with Gasteiger partial charge in [-0.1, -0.05) is 12.1 Å². The minimum atomic E-state index is -0.366. The molecule has 0 heterocycles. The fraction of sp³-hybridized carbons (Fsp3) is 0.222. The zero-order valence-corrected chi connectivity index (χ0v) is 15.6. The van der Waals surface area contributed by atoms with Gasteiger partial charge in [-0.15, -0.1) is 0 Å². The first kappa shape index (κ1) is 18.8. The molecule has 0 spiro atoms. The van der Waals surface area contributed by atoms with Crippen molar-refractivity contribution in [2.24, 2.45) is 5.10 Å². The summed E-state index contributed by atoms with van der Waals surface area (Å²) in [7, 11) is 1.60. The van der Waals surface area contributed by atoms with Crippen LogP contribution in [0.3, 0.4) is 0 Å². The lowest BCUT2D eigenvalue weighted by molar-refractivity contribution is -0.123. The monoisotopic (exact) mass is 406 g/mol. The molecule has 0 bridgehead atoms. The van der Waals surface area contributed by atoms with Gasteiger partial charge in [0.2, 0.25) is 0 Å². The van der Waals surface area contributed by atoms with Crippen LogP contribution < -0.4 is 19.6 Å². The number of benzene rings is 2. The van der Waals surface area contributed by atoms with Crippen LogP contribution in [0, 0.1) is 0 Å². The molecule has 132 valence electrons. The maximum atomic E-state index is 11.8. The molecule has 7 heteroatoms. The van der Waals surface area contributed by atoms with Gasteiger partial charge in [0.25, 0.3) is 5.91 Å². The first-order valence-corrected chi connectivity index (χ1v) is 8.43. The first-order valence-electron chi connectivity index (χ1n) is 7.64. The summed E-state index contributed by atoms with van der Waals surface area (Å²) in [6.45, 7) is 2.25. The number of ether oxygens (including phenoxy) is 3. The minimum Gasteiger partial charge on any atom is -0.496 e. The van der Waals surface area contributed by atoms with Crippen LogP contribution in [0.25, 0.3) is 0 Å². The van der Waals surface area contributed by atoms with Crippen LogP contribution in [-0.2, 0) is 4.79 Å². The van der Waals surface area contributed by atoms with E-state index in [1.54, 1.807) is 25.3 Å². The van der Waals surface area contributed by atoms with E-state index in [2.05, 4.69) is 26.5 Å². The van der Waals surface area contributed by atoms with Crippen LogP contribution in [0.1, 0.15) is 12.5 Å². The molecular weight excluding hydrogens is 388 g/mol. The highest BCUT2D eigenvalue weighted by Gasteiger charge is 2.06. The van der Waals surface area contributed by atoms with E-state index in [0.717, 1.165) is 15.8 Å². The average molecular weight is 407 g/mol. The van der Waals surface area contributed by atoms with Gasteiger partial charge >= 0.3 is 0 Å². The molecule has 0 aromatic heterocycles. The number of nitrogens with one attached hydrogen (secondary N) is 1. The van der Waals surface area contributed by atoms with Crippen molar-refractivity contribution in [2.75, 3.05) is 20.3 Å². The molecular formula is C18H19BrN2O4. The standard InChI is InChI=1S/C18H19BrN2O4/c1-3-24-16-6-4-5-7-17(16)25-12-18(22)21-20-11-13-8-9-15(23-2)14(19)10-13/h4-11H,3,12H2,1-2H3,(H,21,22). The van der Waals surface area contributed by atoms with E-state index in [-0.39, 0.29) is 12.5 Å². The molecule has 2 rings (SSSR count). The molecule has 0 fully saturated rings. The second-order valence-corrected chi connectivity index (χ2v) is 5.71. The predicted octanol–water partition coefficient (Wildman–Crippen LogP) is 3.39. The van der Waals surface area contributed by atoms with E-state index in [0.29, 0.717) is 18.1 Å². The zero-order valence-electron chi connectivity index (χ0n) is 14.0. The number of rotatable bonds is 8. The number of hydrogen-bond donors (Lipinski definition) is 1. The van der Waals surface area contributed by atoms with E-state index < -0.39 is 0 Å². The Kier molecular flexibility index (Phi) is 7.28. The normalized spacial score (nSPS) is 10.5. The number of hydrazone groups is 1. The topological polar surface area (TPSA) is 69.2 Å². The van der Waals surface area contributed by atoms with Crippen LogP contribution in [0.15, 0.2) is 52.0 Å². The summed E-state index contributed by atoms with van der Waals surface area (Å²) < 4.78 is 16.9. The van der Waals surface area contributed by atoms with Gasteiger partial charge in [0.15, 0.2) is 18.1 Å². The smallest absolute Gasteiger partial charge is 0.277 e. The van der Waals surface area contributed by atoms with E-state index in [1.165, 1.54) is 6.21 Å². The number of methoxy groups -OCH3 is 1. The summed E-state index contributed by atoms with van der Waals surface area (Å²) in [6.07, 6.45) is 1.54. The van der Waals surface area contributed by atoms with Crippen LogP contribution in [-0.4, -0.2) is 32.4 Å². The molecule has 2 aromatic rings. The highest BCUT2D eigenvalue weighted by molar-refractivity contribution is 9.10. The zero-order chi connectivity index (χ0) is 18.1. The molecule has 0 aliphatic carbocycles. The lowest BCUT2D eigenvalue weighted by atomic mass is 10.2. The Morgan fingerprint density at radius 3 is 2.52 bits per heavy atom. The Morgan fingerprint density at radius 1 is 1.16 bits per heavy atom. The Bertz CT molecular complexity index is 750. The molecule has 1 amide bonds. The summed E-state index contributed by atoms with van der Waals surface area (Å²) in [4.78, 5) is 11.8. The summed E-state index contributed by atoms with van der Waals surface area (Å²) in [5.41, 5.74) is 3.23. The van der Waals surface area contributed by atoms with E-state index in [4.69, 9.17) is 14.2 Å². The molecule has 0 saturated heterocycles. The fourth-order valence-corrected chi connectivity index (χ4v) is 2.52. The SMILES string of the molecule is CCOc1ccccc1OCC(=O)NN=Cc1ccc(OC)c(Br)c1. The molecule has 0 radical (unpaired) electrons. The minimum absolute atomic E-state index is 0.159. The van der Waals surface area contributed by atoms with E-state index in [9.17, 15) is 4.79 Å². The molecule has 0 atom stereocenters. The first-order chi connectivity index (χ1) is 12.1. The lowest BCUT2D eigenvalue weighted by Gasteiger charge is -2.10. The Hall–Kier alpha value is -2.54. The van der Waals surface area contributed by atoms with Crippen molar-refractivity contribution < 1.29 is 19.0 Å². The number of para-hydroxylation sites is 2. The van der Waals surface area contributed by atoms with Gasteiger partial charge in [0, 0.05) is 0 Å². The Labute approximate surface area is 154 Å². The third-order valence-corrected chi connectivity index (χ3v) is 3.71. The van der Waals surface area contributed by atoms with Crippen molar-refractivity contribution in [3.05, 3.63) is 52.5 Å². The maximum absolute atomic E-state index is 11.8. The molecule has 0 aliphatic heterocycles. The molecule has 0 aliphatic rings. The summed E-state index contributed by atoms with van der Waals surface area (Å²) >= 11 is 3.39. The number of carbonyl (C=O) groups is 1. The van der Waals surface area contributed by atoms with E-state index in [1.807, 2.05) is 31.2 Å². The molecule has 25 heavy (non-hydrogen) atoms. The fourth-order valence-electron chi connectivity index (χ4n) is 1.96. The highest BCUT2D eigenvalue weighted by atomic mass is 79.9. The molecule has 1 N–H and O–H groups in total. The summed E-state index contributed by atoms with van der Waals surface area (Å²) in [6, 6.07) is 12.7. The predicted molar refractivity (Wildman–Crippen MR) is 99.5 cm³/mol. The molecule has 0 saturated carbocycles. The third-order valence-electron chi connectivity index (χ3n) is 3.09. The number of carbonyl (C=O) groups excluding carboxylic acids is 1. The molecule has 0 unspecified atom stereocenters. The average Bonchev–Trinajstić information content (AvgIpc) is 2.61. The van der Waals surface area contributed by atoms with Crippen molar-refractivity contribution in [3.63, 3.8) is 0 Å². The van der Waals surface area contributed by atoms with Crippen molar-refractivity contribution in [1.82, 2.24) is 5.43 Å². The van der Waals surface area contributed by atoms with Crippen molar-refractivity contribution in [2.45, 2.75) is 6.92 Å². The number of hydrogen-bond acceptors (Lipinski definition) is 5. The van der Waals surface area contributed by atoms with E-state index >= 15 is 0 Å². The van der Waals surface area contributed by atoms with Gasteiger partial charge in [0.1, 0.15) is 5.75 Å². The van der Waals surface area contributed by atoms with Crippen molar-refractivity contribution >= 4 is 28.1 Å². The van der Waals surface area contributed by atoms with Gasteiger partial charge in [-0.05, 0) is 58.7 Å². The quantitative estimate of drug-likeness (QED) is 0.538. The van der Waals surface area contributed by atoms with Gasteiger partial charge < -0.3 is 14.2 Å². The summed E-state index contributed by atoms with van der Waals surface area (Å²) in [5.74, 6) is 1.48. The van der Waals surface area contributed by atoms with Gasteiger partial charge in [-0.2, -0.15) is 5.10 Å². The van der Waals surface area contributed by atoms with Crippen molar-refractivity contribution in [3.8, 4) is 17.2 Å². The van der Waals surface area contributed by atoms with Crippen LogP contribution >= 0.6 is 15.9 Å². The van der Waals surface area contributed by atoms with Crippen molar-refractivity contribution in [1.29, 1.82) is 0 Å². The Balaban J connectivity index is 1.85. The van der Waals surface area contributed by atoms with Gasteiger partial charge in [-0.3, -0.25) is 4.79 Å². The lowest BCUT2D eigenvalue weighted by Crippen LogP contribution is -2.24. The maximum Gasteiger partial charge on any atom is 0.277 e. The molecule has 6 nitrogen and oxygen atoms in total. The third kappa shape index (κ3) is 5.79. The number of nitrogens with zero attached hydrogens (tertiary/aromatic N) is 1. The number of halogens is 1. The van der Waals surface area contributed by atoms with Gasteiger partial charge in [0.05, 0.1) is 24.4 Å². The summed E-state index contributed by atoms with van der Waals surface area (Å²) in [5, 5.41) is 3.91. The van der Waals surface area contributed by atoms with Crippen LogP contribution in [0.5, 0.6) is 17.2 Å². The highest BCUT2D eigenvalue weighted by Crippen LogP contribution is 2.26. The Morgan fingerprint density at radius 2 is 1.88 bits per heavy atom.